The zero-order valence-corrected chi connectivity index (χ0v) is 8.45. The maximum atomic E-state index is 11.2. The summed E-state index contributed by atoms with van der Waals surface area (Å²) in [5.74, 6) is 0. The van der Waals surface area contributed by atoms with Crippen LogP contribution in [0.1, 0.15) is 5.56 Å². The van der Waals surface area contributed by atoms with Gasteiger partial charge in [0.1, 0.15) is 0 Å². The number of nitrogens with zero attached hydrogens (tertiary/aromatic N) is 1. The number of hydrogen-bond donors (Lipinski definition) is 2. The fourth-order valence-corrected chi connectivity index (χ4v) is 1.23. The van der Waals surface area contributed by atoms with Crippen molar-refractivity contribution >= 4 is 11.7 Å². The van der Waals surface area contributed by atoms with Gasteiger partial charge in [0.15, 0.2) is 0 Å². The molecule has 1 aromatic carbocycles. The Morgan fingerprint density at radius 3 is 2.86 bits per heavy atom. The number of hydrogen-bond acceptors (Lipinski definition) is 2. The molecule has 0 aliphatic heterocycles. The summed E-state index contributed by atoms with van der Waals surface area (Å²) in [6, 6.07) is 7.40. The third kappa shape index (κ3) is 2.65. The smallest absolute Gasteiger partial charge is 0.317 e. The van der Waals surface area contributed by atoms with Gasteiger partial charge in [-0.2, -0.15) is 0 Å². The molecule has 0 radical (unpaired) electrons. The lowest BCUT2D eigenvalue weighted by atomic mass is 10.2. The van der Waals surface area contributed by atoms with Crippen molar-refractivity contribution in [1.29, 1.82) is 0 Å². The first-order chi connectivity index (χ1) is 6.63. The van der Waals surface area contributed by atoms with Crippen LogP contribution in [-0.4, -0.2) is 25.0 Å². The Balaban J connectivity index is 2.64. The number of carbonyl (C=O) groups excluding carboxylic acids is 1. The van der Waals surface area contributed by atoms with Crippen molar-refractivity contribution in [2.45, 2.75) is 6.54 Å². The van der Waals surface area contributed by atoms with E-state index in [1.165, 1.54) is 0 Å². The topological polar surface area (TPSA) is 58.4 Å². The molecule has 0 atom stereocenters. The predicted molar refractivity (Wildman–Crippen MR) is 56.8 cm³/mol. The summed E-state index contributed by atoms with van der Waals surface area (Å²) in [5, 5.41) is 2.56. The Hall–Kier alpha value is -1.71. The number of anilines is 1. The van der Waals surface area contributed by atoms with Crippen LogP contribution in [0.25, 0.3) is 0 Å². The summed E-state index contributed by atoms with van der Waals surface area (Å²) in [4.78, 5) is 12.8. The molecule has 0 aliphatic carbocycles. The molecule has 0 spiro atoms. The molecule has 0 unspecified atom stereocenters. The highest BCUT2D eigenvalue weighted by Crippen LogP contribution is 2.08. The van der Waals surface area contributed by atoms with Gasteiger partial charge < -0.3 is 16.0 Å². The average Bonchev–Trinajstić information content (AvgIpc) is 2.16. The predicted octanol–water partition coefficient (Wildman–Crippen LogP) is 1.04. The quantitative estimate of drug-likeness (QED) is 0.689. The van der Waals surface area contributed by atoms with Crippen LogP contribution in [0.3, 0.4) is 0 Å². The van der Waals surface area contributed by atoms with Crippen molar-refractivity contribution in [1.82, 2.24) is 10.2 Å². The molecule has 1 rings (SSSR count). The van der Waals surface area contributed by atoms with E-state index < -0.39 is 0 Å². The van der Waals surface area contributed by atoms with Crippen LogP contribution in [-0.2, 0) is 6.54 Å². The number of nitrogen functional groups attached to an aromatic ring is 1. The molecule has 0 bridgehead atoms. The molecule has 76 valence electrons. The van der Waals surface area contributed by atoms with Gasteiger partial charge in [-0.15, -0.1) is 0 Å². The minimum Gasteiger partial charge on any atom is -0.399 e. The third-order valence-corrected chi connectivity index (χ3v) is 1.93. The number of carbonyl (C=O) groups is 1. The highest BCUT2D eigenvalue weighted by molar-refractivity contribution is 5.73. The monoisotopic (exact) mass is 193 g/mol. The maximum absolute atomic E-state index is 11.2. The van der Waals surface area contributed by atoms with Gasteiger partial charge >= 0.3 is 6.03 Å². The first-order valence-corrected chi connectivity index (χ1v) is 4.40. The SMILES string of the molecule is CNC(=O)N(C)Cc1cccc(N)c1. The Labute approximate surface area is 83.7 Å². The van der Waals surface area contributed by atoms with E-state index in [1.54, 1.807) is 19.0 Å². The fourth-order valence-electron chi connectivity index (χ4n) is 1.23. The minimum absolute atomic E-state index is 0.104. The lowest BCUT2D eigenvalue weighted by molar-refractivity contribution is 0.209. The number of urea groups is 1. The Kier molecular flexibility index (Phi) is 3.34. The van der Waals surface area contributed by atoms with Crippen LogP contribution < -0.4 is 11.1 Å². The van der Waals surface area contributed by atoms with Crippen molar-refractivity contribution < 1.29 is 4.79 Å². The van der Waals surface area contributed by atoms with Gasteiger partial charge in [0.05, 0.1) is 0 Å². The Bertz CT molecular complexity index is 325. The molecule has 0 saturated heterocycles. The van der Waals surface area contributed by atoms with Gasteiger partial charge in [0.2, 0.25) is 0 Å². The minimum atomic E-state index is -0.104. The van der Waals surface area contributed by atoms with Crippen LogP contribution >= 0.6 is 0 Å². The van der Waals surface area contributed by atoms with E-state index >= 15 is 0 Å². The number of nitrogens with one attached hydrogen (secondary N) is 1. The number of nitrogens with two attached hydrogens (primary N) is 1. The highest BCUT2D eigenvalue weighted by Gasteiger charge is 2.05. The molecule has 0 aromatic heterocycles. The van der Waals surface area contributed by atoms with Crippen LogP contribution in [0.15, 0.2) is 24.3 Å². The van der Waals surface area contributed by atoms with Crippen molar-refractivity contribution in [2.75, 3.05) is 19.8 Å². The lowest BCUT2D eigenvalue weighted by Gasteiger charge is -2.16. The maximum Gasteiger partial charge on any atom is 0.317 e. The first-order valence-electron chi connectivity index (χ1n) is 4.40. The molecule has 2 amide bonds. The van der Waals surface area contributed by atoms with Gasteiger partial charge in [0.25, 0.3) is 0 Å². The Morgan fingerprint density at radius 2 is 2.29 bits per heavy atom. The second kappa shape index (κ2) is 4.50. The van der Waals surface area contributed by atoms with Crippen LogP contribution in [0.5, 0.6) is 0 Å². The second-order valence-corrected chi connectivity index (χ2v) is 3.16. The molecule has 4 heteroatoms. The van der Waals surface area contributed by atoms with Crippen LogP contribution in [0.2, 0.25) is 0 Å². The number of rotatable bonds is 2. The zero-order chi connectivity index (χ0) is 10.6. The van der Waals surface area contributed by atoms with Gasteiger partial charge in [0, 0.05) is 26.3 Å². The van der Waals surface area contributed by atoms with E-state index in [1.807, 2.05) is 24.3 Å². The molecule has 1 aromatic rings. The van der Waals surface area contributed by atoms with Crippen LogP contribution in [0.4, 0.5) is 10.5 Å². The molecule has 14 heavy (non-hydrogen) atoms. The summed E-state index contributed by atoms with van der Waals surface area (Å²) in [6.07, 6.45) is 0. The largest absolute Gasteiger partial charge is 0.399 e. The Morgan fingerprint density at radius 1 is 1.57 bits per heavy atom. The molecular weight excluding hydrogens is 178 g/mol. The number of benzene rings is 1. The van der Waals surface area contributed by atoms with Crippen LogP contribution in [0, 0.1) is 0 Å². The summed E-state index contributed by atoms with van der Waals surface area (Å²) in [5.41, 5.74) is 7.36. The molecule has 4 nitrogen and oxygen atoms in total. The molecule has 0 aliphatic rings. The molecule has 0 heterocycles. The summed E-state index contributed by atoms with van der Waals surface area (Å²) >= 11 is 0. The second-order valence-electron chi connectivity index (χ2n) is 3.16. The summed E-state index contributed by atoms with van der Waals surface area (Å²) < 4.78 is 0. The van der Waals surface area contributed by atoms with Gasteiger partial charge in [-0.05, 0) is 17.7 Å². The molecule has 3 N–H and O–H groups in total. The highest BCUT2D eigenvalue weighted by atomic mass is 16.2. The summed E-state index contributed by atoms with van der Waals surface area (Å²) in [7, 11) is 3.35. The van der Waals surface area contributed by atoms with Crippen molar-refractivity contribution in [2.24, 2.45) is 0 Å². The van der Waals surface area contributed by atoms with Crippen molar-refractivity contribution in [3.63, 3.8) is 0 Å². The van der Waals surface area contributed by atoms with E-state index in [4.69, 9.17) is 5.73 Å². The van der Waals surface area contributed by atoms with Crippen molar-refractivity contribution in [3.05, 3.63) is 29.8 Å². The van der Waals surface area contributed by atoms with E-state index in [-0.39, 0.29) is 6.03 Å². The van der Waals surface area contributed by atoms with E-state index in [0.717, 1.165) is 5.56 Å². The standard InChI is InChI=1S/C10H15N3O/c1-12-10(14)13(2)7-8-4-3-5-9(11)6-8/h3-6H,7,11H2,1-2H3,(H,12,14). The normalized spacial score (nSPS) is 9.57. The fraction of sp³-hybridized carbons (Fsp3) is 0.300. The van der Waals surface area contributed by atoms with E-state index in [0.29, 0.717) is 12.2 Å². The van der Waals surface area contributed by atoms with Gasteiger partial charge in [-0.1, -0.05) is 12.1 Å². The molecular formula is C10H15N3O. The molecule has 0 saturated carbocycles. The van der Waals surface area contributed by atoms with Crippen molar-refractivity contribution in [3.8, 4) is 0 Å². The van der Waals surface area contributed by atoms with E-state index in [9.17, 15) is 4.79 Å². The summed E-state index contributed by atoms with van der Waals surface area (Å²) in [6.45, 7) is 0.560. The first kappa shape index (κ1) is 10.4. The van der Waals surface area contributed by atoms with Gasteiger partial charge in [-0.3, -0.25) is 0 Å². The zero-order valence-electron chi connectivity index (χ0n) is 8.45. The lowest BCUT2D eigenvalue weighted by Crippen LogP contribution is -2.34. The average molecular weight is 193 g/mol. The van der Waals surface area contributed by atoms with E-state index in [2.05, 4.69) is 5.32 Å². The third-order valence-electron chi connectivity index (χ3n) is 1.93. The van der Waals surface area contributed by atoms with Gasteiger partial charge in [-0.25, -0.2) is 4.79 Å². The number of amides is 2. The molecule has 0 fully saturated rings.